The molecule has 180 valence electrons. The maximum absolute atomic E-state index is 12.7. The van der Waals surface area contributed by atoms with Gasteiger partial charge in [0.2, 0.25) is 5.91 Å². The molecule has 1 unspecified atom stereocenters. The van der Waals surface area contributed by atoms with Gasteiger partial charge in [0.15, 0.2) is 28.6 Å². The van der Waals surface area contributed by atoms with Gasteiger partial charge in [0.25, 0.3) is 0 Å². The zero-order valence-corrected chi connectivity index (χ0v) is 21.3. The molecule has 0 fully saturated rings. The van der Waals surface area contributed by atoms with Crippen molar-refractivity contribution in [3.8, 4) is 17.2 Å². The monoisotopic (exact) mass is 506 g/mol. The minimum atomic E-state index is -0.421. The Morgan fingerprint density at radius 2 is 1.66 bits per heavy atom. The molecule has 1 N–H and O–H groups in total. The van der Waals surface area contributed by atoms with Crippen molar-refractivity contribution in [2.24, 2.45) is 0 Å². The largest absolute Gasteiger partial charge is 0.493 e. The van der Waals surface area contributed by atoms with Crippen LogP contribution in [0.3, 0.4) is 0 Å². The molecule has 4 aromatic rings. The van der Waals surface area contributed by atoms with E-state index in [4.69, 9.17) is 9.47 Å². The van der Waals surface area contributed by atoms with Crippen molar-refractivity contribution < 1.29 is 14.3 Å². The van der Waals surface area contributed by atoms with Gasteiger partial charge in [0.05, 0.1) is 18.6 Å². The molecule has 35 heavy (non-hydrogen) atoms. The third-order valence-electron chi connectivity index (χ3n) is 5.12. The molecule has 0 aliphatic heterocycles. The van der Waals surface area contributed by atoms with Gasteiger partial charge in [0.1, 0.15) is 0 Å². The van der Waals surface area contributed by atoms with E-state index < -0.39 is 6.10 Å². The molecule has 4 rings (SSSR count). The molecule has 0 bridgehead atoms. The van der Waals surface area contributed by atoms with Gasteiger partial charge in [-0.1, -0.05) is 54.2 Å². The first-order chi connectivity index (χ1) is 17.1. The molecule has 0 saturated carbocycles. The number of amides is 1. The first kappa shape index (κ1) is 24.7. The van der Waals surface area contributed by atoms with Gasteiger partial charge in [-0.2, -0.15) is 0 Å². The number of hydrogen-bond acceptors (Lipinski definition) is 7. The number of rotatable bonds is 10. The van der Waals surface area contributed by atoms with Crippen LogP contribution in [-0.4, -0.2) is 39.8 Å². The van der Waals surface area contributed by atoms with Crippen molar-refractivity contribution in [3.63, 3.8) is 0 Å². The van der Waals surface area contributed by atoms with Crippen LogP contribution in [0.2, 0.25) is 0 Å². The zero-order valence-electron chi connectivity index (χ0n) is 19.7. The minimum absolute atomic E-state index is 0.112. The second-order valence-corrected chi connectivity index (χ2v) is 9.25. The predicted molar refractivity (Wildman–Crippen MR) is 141 cm³/mol. The maximum atomic E-state index is 12.7. The van der Waals surface area contributed by atoms with Gasteiger partial charge < -0.3 is 14.8 Å². The third kappa shape index (κ3) is 5.98. The molecule has 0 spiro atoms. The number of hydrogen-bond donors (Lipinski definition) is 1. The number of aromatic nitrogens is 3. The highest BCUT2D eigenvalue weighted by molar-refractivity contribution is 7.99. The van der Waals surface area contributed by atoms with Crippen molar-refractivity contribution >= 4 is 35.1 Å². The molecule has 3 aromatic carbocycles. The number of nitrogens with zero attached hydrogens (tertiary/aromatic N) is 3. The quantitative estimate of drug-likeness (QED) is 0.270. The summed E-state index contributed by atoms with van der Waals surface area (Å²) in [4.78, 5) is 13.7. The smallest absolute Gasteiger partial charge is 0.234 e. The zero-order chi connectivity index (χ0) is 24.6. The summed E-state index contributed by atoms with van der Waals surface area (Å²) in [7, 11) is 1.61. The van der Waals surface area contributed by atoms with E-state index >= 15 is 0 Å². The fourth-order valence-electron chi connectivity index (χ4n) is 3.48. The molecule has 1 amide bonds. The van der Waals surface area contributed by atoms with E-state index in [1.54, 1.807) is 18.9 Å². The molecular formula is C26H26N4O3S2. The van der Waals surface area contributed by atoms with Gasteiger partial charge in [-0.15, -0.1) is 22.0 Å². The summed E-state index contributed by atoms with van der Waals surface area (Å²) in [5, 5.41) is 12.4. The molecule has 0 aliphatic carbocycles. The lowest BCUT2D eigenvalue weighted by Crippen LogP contribution is -2.15. The predicted octanol–water partition coefficient (Wildman–Crippen LogP) is 5.87. The normalized spacial score (nSPS) is 11.6. The Morgan fingerprint density at radius 3 is 2.40 bits per heavy atom. The lowest BCUT2D eigenvalue weighted by molar-refractivity contribution is -0.113. The van der Waals surface area contributed by atoms with Crippen LogP contribution in [0.4, 0.5) is 5.69 Å². The van der Waals surface area contributed by atoms with E-state index in [0.29, 0.717) is 22.5 Å². The van der Waals surface area contributed by atoms with E-state index in [1.165, 1.54) is 11.8 Å². The molecule has 0 saturated heterocycles. The number of thioether (sulfide) groups is 2. The Hall–Kier alpha value is -3.43. The van der Waals surface area contributed by atoms with Crippen molar-refractivity contribution in [1.82, 2.24) is 14.8 Å². The van der Waals surface area contributed by atoms with Crippen molar-refractivity contribution in [2.75, 3.05) is 24.4 Å². The van der Waals surface area contributed by atoms with Crippen molar-refractivity contribution in [3.05, 3.63) is 84.7 Å². The highest BCUT2D eigenvalue weighted by Gasteiger charge is 2.22. The molecule has 1 aromatic heterocycles. The van der Waals surface area contributed by atoms with Crippen LogP contribution >= 0.6 is 23.5 Å². The van der Waals surface area contributed by atoms with Gasteiger partial charge in [-0.25, -0.2) is 0 Å². The van der Waals surface area contributed by atoms with E-state index in [2.05, 4.69) is 15.5 Å². The average Bonchev–Trinajstić information content (AvgIpc) is 3.33. The number of anilines is 1. The summed E-state index contributed by atoms with van der Waals surface area (Å²) in [5.41, 5.74) is 1.69. The molecule has 0 radical (unpaired) electrons. The number of benzene rings is 3. The van der Waals surface area contributed by atoms with Crippen LogP contribution in [0, 0.1) is 0 Å². The molecule has 9 heteroatoms. The average molecular weight is 507 g/mol. The van der Waals surface area contributed by atoms with Gasteiger partial charge in [0, 0.05) is 10.6 Å². The summed E-state index contributed by atoms with van der Waals surface area (Å²) in [6.45, 7) is 1.91. The Labute approximate surface area is 213 Å². The highest BCUT2D eigenvalue weighted by atomic mass is 32.2. The Morgan fingerprint density at radius 1 is 0.971 bits per heavy atom. The number of methoxy groups -OCH3 is 1. The van der Waals surface area contributed by atoms with E-state index in [1.807, 2.05) is 96.6 Å². The molecule has 0 aliphatic rings. The SMILES string of the molecule is COc1ccccc1OC(C)c1nnc(SCC(=O)Nc2ccccc2SC)n1-c1ccccc1. The van der Waals surface area contributed by atoms with Crippen LogP contribution in [-0.2, 0) is 4.79 Å². The fourth-order valence-corrected chi connectivity index (χ4v) is 4.79. The van der Waals surface area contributed by atoms with Crippen LogP contribution < -0.4 is 14.8 Å². The number of carbonyl (C=O) groups is 1. The number of ether oxygens (including phenoxy) is 2. The minimum Gasteiger partial charge on any atom is -0.493 e. The van der Waals surface area contributed by atoms with Gasteiger partial charge in [-0.3, -0.25) is 9.36 Å². The lowest BCUT2D eigenvalue weighted by Gasteiger charge is -2.18. The van der Waals surface area contributed by atoms with Gasteiger partial charge >= 0.3 is 0 Å². The van der Waals surface area contributed by atoms with Crippen molar-refractivity contribution in [2.45, 2.75) is 23.1 Å². The van der Waals surface area contributed by atoms with Crippen LogP contribution in [0.5, 0.6) is 11.5 Å². The fraction of sp³-hybridized carbons (Fsp3) is 0.192. The van der Waals surface area contributed by atoms with Crippen LogP contribution in [0.1, 0.15) is 18.9 Å². The number of carbonyl (C=O) groups excluding carboxylic acids is 1. The topological polar surface area (TPSA) is 78.3 Å². The Kier molecular flexibility index (Phi) is 8.33. The summed E-state index contributed by atoms with van der Waals surface area (Å²) < 4.78 is 13.5. The van der Waals surface area contributed by atoms with E-state index in [9.17, 15) is 4.79 Å². The van der Waals surface area contributed by atoms with E-state index in [0.717, 1.165) is 16.3 Å². The second kappa shape index (κ2) is 11.8. The maximum Gasteiger partial charge on any atom is 0.234 e. The second-order valence-electron chi connectivity index (χ2n) is 7.46. The Bertz CT molecular complexity index is 1280. The van der Waals surface area contributed by atoms with Gasteiger partial charge in [-0.05, 0) is 49.6 Å². The molecular weight excluding hydrogens is 480 g/mol. The third-order valence-corrected chi connectivity index (χ3v) is 6.85. The standard InChI is InChI=1S/C26H26N4O3S2/c1-18(33-22-15-9-8-14-21(22)32-2)25-28-29-26(30(25)19-11-5-4-6-12-19)35-17-24(31)27-20-13-7-10-16-23(20)34-3/h4-16,18H,17H2,1-3H3,(H,27,31). The summed E-state index contributed by atoms with van der Waals surface area (Å²) in [6.07, 6.45) is 1.56. The van der Waals surface area contributed by atoms with Crippen LogP contribution in [0.25, 0.3) is 5.69 Å². The number of nitrogens with one attached hydrogen (secondary N) is 1. The number of para-hydroxylation sites is 4. The summed E-state index contributed by atoms with van der Waals surface area (Å²) in [5.74, 6) is 1.96. The summed E-state index contributed by atoms with van der Waals surface area (Å²) >= 11 is 2.92. The van der Waals surface area contributed by atoms with Crippen LogP contribution in [0.15, 0.2) is 88.9 Å². The molecule has 7 nitrogen and oxygen atoms in total. The first-order valence-corrected chi connectivity index (χ1v) is 13.2. The molecule has 1 atom stereocenters. The first-order valence-electron chi connectivity index (χ1n) is 11.0. The van der Waals surface area contributed by atoms with E-state index in [-0.39, 0.29) is 11.7 Å². The highest BCUT2D eigenvalue weighted by Crippen LogP contribution is 2.32. The summed E-state index contributed by atoms with van der Waals surface area (Å²) in [6, 6.07) is 25.0. The Balaban J connectivity index is 1.55. The lowest BCUT2D eigenvalue weighted by atomic mass is 10.3. The molecule has 1 heterocycles. The van der Waals surface area contributed by atoms with Crippen molar-refractivity contribution in [1.29, 1.82) is 0 Å².